The third-order valence-electron chi connectivity index (χ3n) is 8.33. The van der Waals surface area contributed by atoms with E-state index < -0.39 is 0 Å². The van der Waals surface area contributed by atoms with Crippen LogP contribution in [0.4, 0.5) is 4.39 Å². The summed E-state index contributed by atoms with van der Waals surface area (Å²) >= 11 is 6.84. The van der Waals surface area contributed by atoms with Crippen molar-refractivity contribution in [2.24, 2.45) is 0 Å². The Morgan fingerprint density at radius 2 is 1.89 bits per heavy atom. The van der Waals surface area contributed by atoms with Crippen LogP contribution in [-0.4, -0.2) is 41.3 Å². The largest absolute Gasteiger partial charge is 0.497 e. The number of hydrogen-bond donors (Lipinski definition) is 1. The average molecular weight is 614 g/mol. The fourth-order valence-electron chi connectivity index (χ4n) is 6.01. The number of likely N-dealkylation sites (tertiary alicyclic amines) is 1. The quantitative estimate of drug-likeness (QED) is 0.217. The van der Waals surface area contributed by atoms with Crippen LogP contribution < -0.4 is 14.2 Å². The van der Waals surface area contributed by atoms with Crippen molar-refractivity contribution in [3.8, 4) is 34.4 Å². The molecule has 9 heteroatoms. The standard InChI is InChI=1S/C35H33ClFN3O4/c1-42-26-5-7-32(37)30(15-26)27-3-2-4-29-28(27)6-8-33(29)44-35-16-34(43-21-23-13-22(17-38)18-39-19-23)24(14-31(35)36)20-40-11-9-25(41)10-12-40/h2-5,7,13-16,18-19,25,33,41H,6,8-12,20-21H2,1H3/t33-/m0/s1. The summed E-state index contributed by atoms with van der Waals surface area (Å²) in [5, 5.41) is 19.7. The number of halogens is 2. The van der Waals surface area contributed by atoms with Crippen molar-refractivity contribution < 1.29 is 23.7 Å². The zero-order valence-electron chi connectivity index (χ0n) is 24.4. The average Bonchev–Trinajstić information content (AvgIpc) is 3.46. The number of hydrogen-bond acceptors (Lipinski definition) is 7. The van der Waals surface area contributed by atoms with Gasteiger partial charge in [-0.3, -0.25) is 9.88 Å². The van der Waals surface area contributed by atoms with Crippen LogP contribution in [0.15, 0.2) is 67.0 Å². The van der Waals surface area contributed by atoms with Crippen molar-refractivity contribution in [2.75, 3.05) is 20.2 Å². The van der Waals surface area contributed by atoms with E-state index in [0.29, 0.717) is 39.9 Å². The molecule has 0 amide bonds. The minimum absolute atomic E-state index is 0.219. The highest BCUT2D eigenvalue weighted by atomic mass is 35.5. The summed E-state index contributed by atoms with van der Waals surface area (Å²) in [6.45, 7) is 2.39. The second kappa shape index (κ2) is 13.2. The number of piperidine rings is 1. The summed E-state index contributed by atoms with van der Waals surface area (Å²) in [6, 6.07) is 18.2. The molecule has 0 bridgehead atoms. The Bertz CT molecular complexity index is 1700. The molecule has 0 unspecified atom stereocenters. The maximum Gasteiger partial charge on any atom is 0.142 e. The maximum atomic E-state index is 14.9. The monoisotopic (exact) mass is 613 g/mol. The van der Waals surface area contributed by atoms with E-state index in [0.717, 1.165) is 66.6 Å². The molecule has 1 fully saturated rings. The number of aliphatic hydroxyl groups excluding tert-OH is 1. The SMILES string of the molecule is COc1ccc(F)c(-c2cccc3c2CC[C@@H]3Oc2cc(OCc3cncc(C#N)c3)c(CN3CCC(O)CC3)cc2Cl)c1. The van der Waals surface area contributed by atoms with E-state index in [1.807, 2.05) is 30.3 Å². The van der Waals surface area contributed by atoms with Crippen LogP contribution in [0.3, 0.4) is 0 Å². The lowest BCUT2D eigenvalue weighted by molar-refractivity contribution is 0.0787. The molecule has 44 heavy (non-hydrogen) atoms. The van der Waals surface area contributed by atoms with Gasteiger partial charge < -0.3 is 19.3 Å². The zero-order chi connectivity index (χ0) is 30.6. The summed E-state index contributed by atoms with van der Waals surface area (Å²) < 4.78 is 33.1. The van der Waals surface area contributed by atoms with Crippen molar-refractivity contribution in [1.29, 1.82) is 5.26 Å². The molecule has 2 aliphatic rings. The lowest BCUT2D eigenvalue weighted by Crippen LogP contribution is -2.35. The number of rotatable bonds is 9. The van der Waals surface area contributed by atoms with Gasteiger partial charge in [-0.25, -0.2) is 4.39 Å². The molecule has 1 atom stereocenters. The Kier molecular flexibility index (Phi) is 8.99. The molecule has 1 N–H and O–H groups in total. The predicted molar refractivity (Wildman–Crippen MR) is 165 cm³/mol. The molecule has 1 aliphatic carbocycles. The van der Waals surface area contributed by atoms with Gasteiger partial charge >= 0.3 is 0 Å². The summed E-state index contributed by atoms with van der Waals surface area (Å²) in [7, 11) is 1.57. The second-order valence-corrected chi connectivity index (χ2v) is 11.7. The Labute approximate surface area is 261 Å². The van der Waals surface area contributed by atoms with E-state index in [9.17, 15) is 14.8 Å². The normalized spacial score (nSPS) is 16.8. The predicted octanol–water partition coefficient (Wildman–Crippen LogP) is 7.02. The summed E-state index contributed by atoms with van der Waals surface area (Å²) in [6.07, 6.45) is 5.55. The molecule has 7 nitrogen and oxygen atoms in total. The topological polar surface area (TPSA) is 87.8 Å². The molecule has 1 aliphatic heterocycles. The highest BCUT2D eigenvalue weighted by Gasteiger charge is 2.29. The molecular weight excluding hydrogens is 581 g/mol. The summed E-state index contributed by atoms with van der Waals surface area (Å²) in [5.74, 6) is 1.42. The first-order chi connectivity index (χ1) is 21.4. The zero-order valence-corrected chi connectivity index (χ0v) is 25.2. The molecule has 1 saturated heterocycles. The number of methoxy groups -OCH3 is 1. The van der Waals surface area contributed by atoms with Gasteiger partial charge in [-0.15, -0.1) is 0 Å². The number of ether oxygens (including phenoxy) is 3. The number of aromatic nitrogens is 1. The highest BCUT2D eigenvalue weighted by Crippen LogP contribution is 2.44. The van der Waals surface area contributed by atoms with Gasteiger partial charge in [0.2, 0.25) is 0 Å². The van der Waals surface area contributed by atoms with Crippen LogP contribution in [0.1, 0.15) is 53.2 Å². The molecule has 6 rings (SSSR count). The summed E-state index contributed by atoms with van der Waals surface area (Å²) in [4.78, 5) is 6.42. The summed E-state index contributed by atoms with van der Waals surface area (Å²) in [5.41, 5.74) is 5.52. The number of fused-ring (bicyclic) bond motifs is 1. The second-order valence-electron chi connectivity index (χ2n) is 11.2. The van der Waals surface area contributed by atoms with Crippen LogP contribution in [0.25, 0.3) is 11.1 Å². The molecular formula is C35H33ClFN3O4. The van der Waals surface area contributed by atoms with Gasteiger partial charge in [-0.05, 0) is 72.7 Å². The third kappa shape index (κ3) is 6.51. The number of nitrogens with zero attached hydrogens (tertiary/aromatic N) is 3. The van der Waals surface area contributed by atoms with Crippen LogP contribution in [0.2, 0.25) is 5.02 Å². The molecule has 0 spiro atoms. The Balaban J connectivity index is 1.28. The first-order valence-electron chi connectivity index (χ1n) is 14.7. The third-order valence-corrected chi connectivity index (χ3v) is 8.63. The van der Waals surface area contributed by atoms with E-state index in [2.05, 4.69) is 16.0 Å². The fourth-order valence-corrected chi connectivity index (χ4v) is 6.24. The van der Waals surface area contributed by atoms with E-state index in [4.69, 9.17) is 25.8 Å². The maximum absolute atomic E-state index is 14.9. The van der Waals surface area contributed by atoms with Gasteiger partial charge in [-0.1, -0.05) is 29.8 Å². The minimum Gasteiger partial charge on any atom is -0.497 e. The van der Waals surface area contributed by atoms with E-state index in [1.165, 1.54) is 12.3 Å². The number of benzene rings is 3. The molecule has 3 aromatic carbocycles. The van der Waals surface area contributed by atoms with Crippen molar-refractivity contribution in [3.63, 3.8) is 0 Å². The van der Waals surface area contributed by atoms with Crippen molar-refractivity contribution in [1.82, 2.24) is 9.88 Å². The van der Waals surface area contributed by atoms with Crippen molar-refractivity contribution in [2.45, 2.75) is 51.0 Å². The van der Waals surface area contributed by atoms with Gasteiger partial charge in [0.05, 0.1) is 23.8 Å². The van der Waals surface area contributed by atoms with Crippen LogP contribution in [0, 0.1) is 17.1 Å². The first-order valence-corrected chi connectivity index (χ1v) is 15.1. The van der Waals surface area contributed by atoms with E-state index >= 15 is 0 Å². The van der Waals surface area contributed by atoms with Gasteiger partial charge in [0.15, 0.2) is 0 Å². The Hall–Kier alpha value is -4.16. The Morgan fingerprint density at radius 3 is 2.68 bits per heavy atom. The molecule has 226 valence electrons. The van der Waals surface area contributed by atoms with Gasteiger partial charge in [0.25, 0.3) is 0 Å². The number of pyridine rings is 1. The van der Waals surface area contributed by atoms with E-state index in [1.54, 1.807) is 31.5 Å². The molecule has 1 aromatic heterocycles. The number of aliphatic hydroxyl groups is 1. The van der Waals surface area contributed by atoms with Crippen LogP contribution in [0.5, 0.6) is 17.2 Å². The van der Waals surface area contributed by atoms with Crippen molar-refractivity contribution >= 4 is 11.6 Å². The molecule has 0 radical (unpaired) electrons. The minimum atomic E-state index is -0.303. The lowest BCUT2D eigenvalue weighted by atomic mass is 9.96. The Morgan fingerprint density at radius 1 is 1.05 bits per heavy atom. The van der Waals surface area contributed by atoms with Crippen LogP contribution >= 0.6 is 11.6 Å². The molecule has 4 aromatic rings. The van der Waals surface area contributed by atoms with Crippen molar-refractivity contribution in [3.05, 3.63) is 106 Å². The van der Waals surface area contributed by atoms with Gasteiger partial charge in [0, 0.05) is 54.8 Å². The van der Waals surface area contributed by atoms with Gasteiger partial charge in [-0.2, -0.15) is 5.26 Å². The molecule has 2 heterocycles. The van der Waals surface area contributed by atoms with Gasteiger partial charge in [0.1, 0.15) is 41.8 Å². The lowest BCUT2D eigenvalue weighted by Gasteiger charge is -2.30. The smallest absolute Gasteiger partial charge is 0.142 e. The van der Waals surface area contributed by atoms with Crippen LogP contribution in [-0.2, 0) is 19.6 Å². The highest BCUT2D eigenvalue weighted by molar-refractivity contribution is 6.32. The fraction of sp³-hybridized carbons (Fsp3) is 0.314. The first kappa shape index (κ1) is 29.9. The molecule has 0 saturated carbocycles. The van der Waals surface area contributed by atoms with E-state index in [-0.39, 0.29) is 24.6 Å². The number of nitriles is 1.